The minimum absolute atomic E-state index is 0.0244. The normalized spacial score (nSPS) is 32.5. The summed E-state index contributed by atoms with van der Waals surface area (Å²) in [5, 5.41) is 17.7. The summed E-state index contributed by atoms with van der Waals surface area (Å²) in [4.78, 5) is 17.0. The molecule has 3 unspecified atom stereocenters. The van der Waals surface area contributed by atoms with Gasteiger partial charge in [0.25, 0.3) is 0 Å². The lowest BCUT2D eigenvalue weighted by molar-refractivity contribution is -0.166. The maximum Gasteiger partial charge on any atom is 0.442 e. The van der Waals surface area contributed by atoms with Gasteiger partial charge in [-0.2, -0.15) is 13.2 Å². The lowest BCUT2D eigenvalue weighted by Crippen LogP contribution is -2.65. The molecule has 2 bridgehead atoms. The number of ketones is 1. The predicted molar refractivity (Wildman–Crippen MR) is 113 cm³/mol. The van der Waals surface area contributed by atoms with Crippen LogP contribution in [0.15, 0.2) is 37.9 Å². The summed E-state index contributed by atoms with van der Waals surface area (Å²) in [5.41, 5.74) is -2.55. The lowest BCUT2D eigenvalue weighted by Gasteiger charge is -2.62. The lowest BCUT2D eigenvalue weighted by atomic mass is 9.44. The second-order valence-corrected chi connectivity index (χ2v) is 10.7. The van der Waals surface area contributed by atoms with E-state index in [-0.39, 0.29) is 29.1 Å². The predicted octanol–water partition coefficient (Wildman–Crippen LogP) is 5.39. The average Bonchev–Trinajstić information content (AvgIpc) is 3.43. The molecule has 1 aromatic carbocycles. The molecule has 0 spiro atoms. The first-order valence-corrected chi connectivity index (χ1v) is 11.1. The second-order valence-electron chi connectivity index (χ2n) is 9.78. The number of aliphatic imine (C=N–C) groups is 1. The summed E-state index contributed by atoms with van der Waals surface area (Å²) in [5.74, 6) is 0.285. The Morgan fingerprint density at radius 2 is 1.94 bits per heavy atom. The summed E-state index contributed by atoms with van der Waals surface area (Å²) in [6.45, 7) is 7.46. The third-order valence-electron chi connectivity index (χ3n) is 7.44. The van der Waals surface area contributed by atoms with Crippen molar-refractivity contribution in [1.29, 1.82) is 0 Å². The van der Waals surface area contributed by atoms with Gasteiger partial charge in [0.15, 0.2) is 5.78 Å². The van der Waals surface area contributed by atoms with E-state index < -0.39 is 23.5 Å². The first kappa shape index (κ1) is 22.6. The molecule has 0 saturated heterocycles. The van der Waals surface area contributed by atoms with Crippen molar-refractivity contribution < 1.29 is 23.1 Å². The highest BCUT2D eigenvalue weighted by atomic mass is 79.9. The number of carbonyl (C=O) groups is 1. The third-order valence-corrected chi connectivity index (χ3v) is 7.90. The molecule has 5 nitrogen and oxygen atoms in total. The van der Waals surface area contributed by atoms with E-state index in [4.69, 9.17) is 0 Å². The smallest absolute Gasteiger partial charge is 0.384 e. The zero-order valence-corrected chi connectivity index (χ0v) is 19.4. The van der Waals surface area contributed by atoms with Gasteiger partial charge in [0, 0.05) is 22.2 Å². The summed E-state index contributed by atoms with van der Waals surface area (Å²) in [6.07, 6.45) is -2.93. The first-order valence-electron chi connectivity index (χ1n) is 10.3. The number of nitrogens with zero attached hydrogens (tertiary/aromatic N) is 3. The average molecular weight is 500 g/mol. The Balaban J connectivity index is 1.62. The number of aliphatic hydroxyl groups is 1. The van der Waals surface area contributed by atoms with Crippen LogP contribution in [0.1, 0.15) is 51.7 Å². The Morgan fingerprint density at radius 1 is 1.29 bits per heavy atom. The van der Waals surface area contributed by atoms with Gasteiger partial charge in [-0.1, -0.05) is 35.8 Å². The van der Waals surface area contributed by atoms with E-state index in [0.29, 0.717) is 28.1 Å². The Labute approximate surface area is 187 Å². The van der Waals surface area contributed by atoms with Crippen LogP contribution in [0.3, 0.4) is 0 Å². The number of carbonyl (C=O) groups excluding carboxylic acids is 1. The molecule has 1 aromatic rings. The maximum absolute atomic E-state index is 13.4. The zero-order valence-electron chi connectivity index (χ0n) is 17.8. The van der Waals surface area contributed by atoms with Crippen LogP contribution in [0.25, 0.3) is 0 Å². The number of Topliss-reactive ketones (excluding diaryl/α,β-unsaturated/α-hetero) is 1. The summed E-state index contributed by atoms with van der Waals surface area (Å²) in [7, 11) is 0. The molecule has 0 amide bonds. The Morgan fingerprint density at radius 3 is 2.42 bits per heavy atom. The van der Waals surface area contributed by atoms with E-state index in [1.807, 2.05) is 0 Å². The van der Waals surface area contributed by atoms with Crippen molar-refractivity contribution in [1.82, 2.24) is 0 Å². The fraction of sp³-hybridized carbons (Fsp3) is 0.636. The van der Waals surface area contributed by atoms with E-state index in [0.717, 1.165) is 6.42 Å². The van der Waals surface area contributed by atoms with Gasteiger partial charge in [0.2, 0.25) is 0 Å². The third kappa shape index (κ3) is 3.57. The summed E-state index contributed by atoms with van der Waals surface area (Å²) < 4.78 is 40.7. The highest BCUT2D eigenvalue weighted by Crippen LogP contribution is 2.61. The SMILES string of the molecule is CC(=O)[C@H](Cc1cc(Br)cc(C2(C(F)(F)F)N=N2)c1)N=C1CC2CC(C1(C)O)C2(C)C. The number of benzene rings is 1. The molecule has 3 aliphatic carbocycles. The minimum atomic E-state index is -4.63. The van der Waals surface area contributed by atoms with Crippen molar-refractivity contribution in [3.63, 3.8) is 0 Å². The molecular formula is C22H25BrF3N3O2. The molecule has 1 N–H and O–H groups in total. The molecule has 5 rings (SSSR count). The van der Waals surface area contributed by atoms with E-state index in [1.54, 1.807) is 13.0 Å². The van der Waals surface area contributed by atoms with Gasteiger partial charge >= 0.3 is 11.8 Å². The maximum atomic E-state index is 13.4. The van der Waals surface area contributed by atoms with Crippen LogP contribution in [0.4, 0.5) is 13.2 Å². The van der Waals surface area contributed by atoms with Crippen molar-refractivity contribution in [3.8, 4) is 0 Å². The molecule has 3 saturated carbocycles. The van der Waals surface area contributed by atoms with Crippen molar-refractivity contribution in [2.45, 2.75) is 70.4 Å². The highest BCUT2D eigenvalue weighted by molar-refractivity contribution is 9.10. The van der Waals surface area contributed by atoms with Gasteiger partial charge in [-0.05, 0) is 61.6 Å². The quantitative estimate of drug-likeness (QED) is 0.589. The number of hydrogen-bond acceptors (Lipinski definition) is 5. The molecule has 31 heavy (non-hydrogen) atoms. The molecule has 1 aliphatic heterocycles. The fourth-order valence-corrected chi connectivity index (χ4v) is 5.79. The van der Waals surface area contributed by atoms with Crippen LogP contribution in [0, 0.1) is 17.3 Å². The Bertz CT molecular complexity index is 994. The molecule has 1 heterocycles. The van der Waals surface area contributed by atoms with Gasteiger partial charge in [-0.3, -0.25) is 9.79 Å². The first-order chi connectivity index (χ1) is 14.2. The second kappa shape index (κ2) is 6.94. The van der Waals surface area contributed by atoms with Crippen LogP contribution in [0.2, 0.25) is 0 Å². The van der Waals surface area contributed by atoms with Crippen LogP contribution in [0.5, 0.6) is 0 Å². The number of alkyl halides is 3. The zero-order chi connectivity index (χ0) is 23.0. The number of fused-ring (bicyclic) bond motifs is 2. The molecule has 0 radical (unpaired) electrons. The van der Waals surface area contributed by atoms with E-state index in [1.165, 1.54) is 19.1 Å². The molecule has 4 atom stereocenters. The van der Waals surface area contributed by atoms with Crippen molar-refractivity contribution in [3.05, 3.63) is 33.8 Å². The van der Waals surface area contributed by atoms with Crippen LogP contribution in [-0.4, -0.2) is 34.4 Å². The monoisotopic (exact) mass is 499 g/mol. The number of rotatable bonds is 5. The van der Waals surface area contributed by atoms with E-state index in [2.05, 4.69) is 45.0 Å². The molecule has 9 heteroatoms. The van der Waals surface area contributed by atoms with Gasteiger partial charge in [0.05, 0.1) is 0 Å². The summed E-state index contributed by atoms with van der Waals surface area (Å²) in [6, 6.07) is 3.62. The van der Waals surface area contributed by atoms with Gasteiger partial charge < -0.3 is 5.11 Å². The highest BCUT2D eigenvalue weighted by Gasteiger charge is 2.65. The van der Waals surface area contributed by atoms with Crippen molar-refractivity contribution in [2.24, 2.45) is 32.5 Å². The molecule has 3 fully saturated rings. The topological polar surface area (TPSA) is 74.4 Å². The number of halogens is 4. The Hall–Kier alpha value is -1.61. The van der Waals surface area contributed by atoms with Crippen LogP contribution >= 0.6 is 15.9 Å². The van der Waals surface area contributed by atoms with Gasteiger partial charge in [0.1, 0.15) is 11.6 Å². The van der Waals surface area contributed by atoms with Crippen molar-refractivity contribution >= 4 is 27.4 Å². The van der Waals surface area contributed by atoms with Crippen molar-refractivity contribution in [2.75, 3.05) is 0 Å². The standard InChI is InChI=1S/C22H25BrF3N3O2/c1-11(30)16(27-18-10-13-9-17(19(13,2)3)20(18,4)31)7-12-5-14(8-15(23)6-12)21(28-29-21)22(24,25)26/h5-6,8,13,16-17,31H,7,9-10H2,1-4H3/t13?,16-,17?,20?/m0/s1. The molecule has 4 aliphatic rings. The van der Waals surface area contributed by atoms with Crippen LogP contribution in [-0.2, 0) is 16.9 Å². The van der Waals surface area contributed by atoms with E-state index in [9.17, 15) is 23.1 Å². The summed E-state index contributed by atoms with van der Waals surface area (Å²) >= 11 is 3.26. The minimum Gasteiger partial charge on any atom is -0.384 e. The molecule has 168 valence electrons. The van der Waals surface area contributed by atoms with Gasteiger partial charge in [-0.25, -0.2) is 0 Å². The van der Waals surface area contributed by atoms with Crippen LogP contribution < -0.4 is 0 Å². The fourth-order valence-electron chi connectivity index (χ4n) is 5.24. The molecule has 0 aromatic heterocycles. The Kier molecular flexibility index (Phi) is 5.06. The molecular weight excluding hydrogens is 475 g/mol. The van der Waals surface area contributed by atoms with E-state index >= 15 is 0 Å². The van der Waals surface area contributed by atoms with Gasteiger partial charge in [-0.15, -0.1) is 10.2 Å². The number of hydrogen-bond donors (Lipinski definition) is 1. The largest absolute Gasteiger partial charge is 0.442 e.